The summed E-state index contributed by atoms with van der Waals surface area (Å²) in [5.74, 6) is 0.989. The van der Waals surface area contributed by atoms with E-state index in [2.05, 4.69) is 33.4 Å². The highest BCUT2D eigenvalue weighted by Gasteiger charge is 2.10. The summed E-state index contributed by atoms with van der Waals surface area (Å²) in [6.07, 6.45) is 0.707. The van der Waals surface area contributed by atoms with Crippen LogP contribution in [-0.2, 0) is 6.54 Å². The number of rotatable bonds is 5. The Labute approximate surface area is 137 Å². The van der Waals surface area contributed by atoms with Gasteiger partial charge in [-0.25, -0.2) is 0 Å². The third-order valence-electron chi connectivity index (χ3n) is 3.32. The van der Waals surface area contributed by atoms with Crippen LogP contribution in [0.1, 0.15) is 16.1 Å². The van der Waals surface area contributed by atoms with Crippen molar-refractivity contribution in [2.24, 2.45) is 0 Å². The van der Waals surface area contributed by atoms with Crippen LogP contribution in [0, 0.1) is 0 Å². The van der Waals surface area contributed by atoms with Crippen LogP contribution in [0.15, 0.2) is 69.6 Å². The van der Waals surface area contributed by atoms with Gasteiger partial charge in [0, 0.05) is 22.3 Å². The largest absolute Gasteiger partial charge is 0.453 e. The first kappa shape index (κ1) is 14.6. The maximum Gasteiger partial charge on any atom is 0.185 e. The quantitative estimate of drug-likeness (QED) is 0.644. The average molecular weight is 356 g/mol. The van der Waals surface area contributed by atoms with Gasteiger partial charge in [0.05, 0.1) is 0 Å². The first-order chi connectivity index (χ1) is 10.8. The summed E-state index contributed by atoms with van der Waals surface area (Å²) in [5.41, 5.74) is 3.07. The van der Waals surface area contributed by atoms with Gasteiger partial charge in [0.2, 0.25) is 0 Å². The summed E-state index contributed by atoms with van der Waals surface area (Å²) in [6.45, 7) is 0.719. The molecule has 3 rings (SSSR count). The molecule has 22 heavy (non-hydrogen) atoms. The lowest BCUT2D eigenvalue weighted by Gasteiger charge is -2.11. The van der Waals surface area contributed by atoms with E-state index in [1.807, 2.05) is 36.4 Å². The zero-order valence-corrected chi connectivity index (χ0v) is 13.3. The van der Waals surface area contributed by atoms with E-state index < -0.39 is 0 Å². The van der Waals surface area contributed by atoms with E-state index in [-0.39, 0.29) is 0 Å². The van der Waals surface area contributed by atoms with Gasteiger partial charge in [0.1, 0.15) is 5.76 Å². The van der Waals surface area contributed by atoms with Crippen LogP contribution in [0.2, 0.25) is 0 Å². The zero-order chi connectivity index (χ0) is 15.4. The summed E-state index contributed by atoms with van der Waals surface area (Å²) in [6, 6.07) is 19.6. The number of carbonyl (C=O) groups excluding carboxylic acids is 1. The molecule has 1 heterocycles. The molecular weight excluding hydrogens is 342 g/mol. The highest BCUT2D eigenvalue weighted by molar-refractivity contribution is 9.10. The summed E-state index contributed by atoms with van der Waals surface area (Å²) in [5, 5.41) is 3.41. The van der Waals surface area contributed by atoms with Crippen molar-refractivity contribution in [3.05, 3.63) is 76.5 Å². The van der Waals surface area contributed by atoms with Crippen LogP contribution < -0.4 is 5.32 Å². The summed E-state index contributed by atoms with van der Waals surface area (Å²) in [4.78, 5) is 10.8. The molecular formula is C18H14BrNO2. The molecule has 0 aliphatic carbocycles. The normalized spacial score (nSPS) is 10.4. The highest BCUT2D eigenvalue weighted by atomic mass is 79.9. The summed E-state index contributed by atoms with van der Waals surface area (Å²) in [7, 11) is 0. The fourth-order valence-corrected chi connectivity index (χ4v) is 2.59. The first-order valence-corrected chi connectivity index (χ1v) is 7.68. The fraction of sp³-hybridized carbons (Fsp3) is 0.0556. The predicted molar refractivity (Wildman–Crippen MR) is 91.0 cm³/mol. The molecule has 1 aromatic heterocycles. The van der Waals surface area contributed by atoms with E-state index in [9.17, 15) is 4.79 Å². The van der Waals surface area contributed by atoms with Crippen LogP contribution in [0.4, 0.5) is 5.69 Å². The van der Waals surface area contributed by atoms with Crippen molar-refractivity contribution >= 4 is 27.9 Å². The van der Waals surface area contributed by atoms with Gasteiger partial charge in [-0.3, -0.25) is 4.79 Å². The van der Waals surface area contributed by atoms with Crippen molar-refractivity contribution in [1.29, 1.82) is 0 Å². The molecule has 0 saturated carbocycles. The van der Waals surface area contributed by atoms with Crippen molar-refractivity contribution in [3.8, 4) is 11.3 Å². The molecule has 0 aliphatic rings. The molecule has 0 aliphatic heterocycles. The van der Waals surface area contributed by atoms with Crippen LogP contribution >= 0.6 is 15.9 Å². The van der Waals surface area contributed by atoms with E-state index in [1.54, 1.807) is 12.1 Å². The molecule has 0 atom stereocenters. The Morgan fingerprint density at radius 2 is 1.86 bits per heavy atom. The van der Waals surface area contributed by atoms with Gasteiger partial charge >= 0.3 is 0 Å². The van der Waals surface area contributed by atoms with Crippen molar-refractivity contribution in [3.63, 3.8) is 0 Å². The van der Waals surface area contributed by atoms with Crippen LogP contribution in [0.5, 0.6) is 0 Å². The van der Waals surface area contributed by atoms with E-state index in [0.29, 0.717) is 17.8 Å². The smallest absolute Gasteiger partial charge is 0.185 e. The highest BCUT2D eigenvalue weighted by Crippen LogP contribution is 2.32. The van der Waals surface area contributed by atoms with Crippen LogP contribution in [0.3, 0.4) is 0 Å². The molecule has 0 spiro atoms. The maximum atomic E-state index is 10.8. The van der Waals surface area contributed by atoms with Gasteiger partial charge in [-0.1, -0.05) is 46.3 Å². The number of aldehydes is 1. The Hall–Kier alpha value is -2.33. The topological polar surface area (TPSA) is 42.2 Å². The number of benzene rings is 2. The molecule has 3 nitrogen and oxygen atoms in total. The van der Waals surface area contributed by atoms with E-state index in [1.165, 1.54) is 5.56 Å². The minimum Gasteiger partial charge on any atom is -0.453 e. The van der Waals surface area contributed by atoms with Gasteiger partial charge < -0.3 is 9.73 Å². The molecule has 1 N–H and O–H groups in total. The minimum absolute atomic E-state index is 0.323. The molecule has 2 aromatic carbocycles. The number of hydrogen-bond donors (Lipinski definition) is 1. The van der Waals surface area contributed by atoms with Crippen molar-refractivity contribution in [2.75, 3.05) is 5.32 Å². The van der Waals surface area contributed by atoms with Gasteiger partial charge in [-0.15, -0.1) is 0 Å². The number of hydrogen-bond acceptors (Lipinski definition) is 3. The maximum absolute atomic E-state index is 10.8. The number of nitrogens with one attached hydrogen (secondary N) is 1. The lowest BCUT2D eigenvalue weighted by Crippen LogP contribution is -2.00. The molecule has 0 fully saturated rings. The third kappa shape index (κ3) is 3.28. The fourth-order valence-electron chi connectivity index (χ4n) is 2.23. The number of furan rings is 1. The number of halogens is 1. The zero-order valence-electron chi connectivity index (χ0n) is 11.8. The third-order valence-corrected chi connectivity index (χ3v) is 3.81. The van der Waals surface area contributed by atoms with Gasteiger partial charge in [-0.05, 0) is 35.9 Å². The molecule has 4 heteroatoms. The molecule has 0 bridgehead atoms. The summed E-state index contributed by atoms with van der Waals surface area (Å²) >= 11 is 3.47. The van der Waals surface area contributed by atoms with E-state index >= 15 is 0 Å². The second kappa shape index (κ2) is 6.62. The van der Waals surface area contributed by atoms with Gasteiger partial charge in [-0.2, -0.15) is 0 Å². The first-order valence-electron chi connectivity index (χ1n) is 6.89. The van der Waals surface area contributed by atoms with Gasteiger partial charge in [0.15, 0.2) is 12.0 Å². The molecule has 0 saturated heterocycles. The Bertz CT molecular complexity index is 781. The Balaban J connectivity index is 1.89. The molecule has 0 unspecified atom stereocenters. The lowest BCUT2D eigenvalue weighted by molar-refractivity contribution is 0.110. The summed E-state index contributed by atoms with van der Waals surface area (Å²) < 4.78 is 6.49. The second-order valence-electron chi connectivity index (χ2n) is 4.85. The number of carbonyl (C=O) groups is 1. The Morgan fingerprint density at radius 3 is 2.59 bits per heavy atom. The van der Waals surface area contributed by atoms with Crippen molar-refractivity contribution in [1.82, 2.24) is 0 Å². The average Bonchev–Trinajstić information content (AvgIpc) is 3.03. The van der Waals surface area contributed by atoms with Gasteiger partial charge in [0.25, 0.3) is 0 Å². The predicted octanol–water partition coefficient (Wildman–Crippen LogP) is 5.13. The molecule has 110 valence electrons. The number of anilines is 1. The van der Waals surface area contributed by atoms with Crippen molar-refractivity contribution in [2.45, 2.75) is 6.54 Å². The molecule has 0 amide bonds. The Morgan fingerprint density at radius 1 is 1.05 bits per heavy atom. The SMILES string of the molecule is O=Cc1ccc(-c2cc(Br)ccc2NCc2ccccc2)o1. The lowest BCUT2D eigenvalue weighted by atomic mass is 10.1. The second-order valence-corrected chi connectivity index (χ2v) is 5.76. The van der Waals surface area contributed by atoms with Crippen LogP contribution in [0.25, 0.3) is 11.3 Å². The van der Waals surface area contributed by atoms with Crippen molar-refractivity contribution < 1.29 is 9.21 Å². The Kier molecular flexibility index (Phi) is 4.39. The monoisotopic (exact) mass is 355 g/mol. The standard InChI is InChI=1S/C18H14BrNO2/c19-14-6-8-17(20-11-13-4-2-1-3-5-13)16(10-14)18-9-7-15(12-21)22-18/h1-10,12,20H,11H2. The van der Waals surface area contributed by atoms with E-state index in [4.69, 9.17) is 4.42 Å². The molecule has 3 aromatic rings. The minimum atomic E-state index is 0.323. The van der Waals surface area contributed by atoms with Crippen LogP contribution in [-0.4, -0.2) is 6.29 Å². The molecule has 0 radical (unpaired) electrons. The van der Waals surface area contributed by atoms with E-state index in [0.717, 1.165) is 22.3 Å².